The van der Waals surface area contributed by atoms with E-state index >= 15 is 0 Å². The van der Waals surface area contributed by atoms with Crippen LogP contribution in [0.25, 0.3) is 10.9 Å². The lowest BCUT2D eigenvalue weighted by Gasteiger charge is -2.12. The van der Waals surface area contributed by atoms with Crippen molar-refractivity contribution in [3.8, 4) is 5.75 Å². The second-order valence-corrected chi connectivity index (χ2v) is 6.04. The Morgan fingerprint density at radius 2 is 2.35 bits per heavy atom. The van der Waals surface area contributed by atoms with E-state index in [2.05, 4.69) is 5.32 Å². The van der Waals surface area contributed by atoms with Gasteiger partial charge in [-0.25, -0.2) is 0 Å². The number of aromatic nitrogens is 1. The number of nitrogens with one attached hydrogen (secondary N) is 1. The zero-order chi connectivity index (χ0) is 16.4. The maximum atomic E-state index is 13.0. The molecular weight excluding hydrogens is 316 g/mol. The Balaban J connectivity index is 2.22. The number of ketones is 1. The van der Waals surface area contributed by atoms with Crippen LogP contribution in [0.1, 0.15) is 27.3 Å². The Kier molecular flexibility index (Phi) is 4.68. The number of fused-ring (bicyclic) bond motifs is 1. The zero-order valence-electron chi connectivity index (χ0n) is 13.0. The van der Waals surface area contributed by atoms with E-state index in [0.717, 1.165) is 30.2 Å². The lowest BCUT2D eigenvalue weighted by atomic mass is 9.98. The first-order valence-corrected chi connectivity index (χ1v) is 8.21. The number of rotatable bonds is 6. The standard InChI is InChI=1S/C17H19ClN2O3/c1-23-12-2-3-15-13(8-12)14(10-21)16(20(15)7-5-18)17(22)11-4-6-19-9-11/h2-3,8,10-11,19H,4-7,9H2,1H3. The van der Waals surface area contributed by atoms with Crippen LogP contribution < -0.4 is 10.1 Å². The number of methoxy groups -OCH3 is 1. The van der Waals surface area contributed by atoms with Crippen molar-refractivity contribution in [3.63, 3.8) is 0 Å². The van der Waals surface area contributed by atoms with Gasteiger partial charge in [-0.3, -0.25) is 9.59 Å². The summed E-state index contributed by atoms with van der Waals surface area (Å²) in [6.07, 6.45) is 1.56. The van der Waals surface area contributed by atoms with Crippen LogP contribution in [0.5, 0.6) is 5.75 Å². The molecule has 3 rings (SSSR count). The van der Waals surface area contributed by atoms with Crippen LogP contribution in [0.15, 0.2) is 18.2 Å². The van der Waals surface area contributed by atoms with Gasteiger partial charge in [0.1, 0.15) is 5.75 Å². The number of carbonyl (C=O) groups is 2. The van der Waals surface area contributed by atoms with Crippen LogP contribution in [0.2, 0.25) is 0 Å². The number of benzene rings is 1. The first kappa shape index (κ1) is 16.0. The average molecular weight is 335 g/mol. The minimum absolute atomic E-state index is 0.0115. The smallest absolute Gasteiger partial charge is 0.184 e. The number of hydrogen-bond acceptors (Lipinski definition) is 4. The predicted molar refractivity (Wildman–Crippen MR) is 89.9 cm³/mol. The molecule has 1 aromatic heterocycles. The van der Waals surface area contributed by atoms with Gasteiger partial charge in [0.05, 0.1) is 18.4 Å². The topological polar surface area (TPSA) is 60.3 Å². The van der Waals surface area contributed by atoms with Crippen LogP contribution in [-0.4, -0.2) is 42.7 Å². The van der Waals surface area contributed by atoms with Gasteiger partial charge in [-0.05, 0) is 31.2 Å². The molecule has 1 unspecified atom stereocenters. The van der Waals surface area contributed by atoms with E-state index in [4.69, 9.17) is 16.3 Å². The van der Waals surface area contributed by atoms with Gasteiger partial charge in [0.25, 0.3) is 0 Å². The molecule has 0 aliphatic carbocycles. The van der Waals surface area contributed by atoms with Crippen molar-refractivity contribution in [2.75, 3.05) is 26.1 Å². The van der Waals surface area contributed by atoms with E-state index in [-0.39, 0.29) is 11.7 Å². The van der Waals surface area contributed by atoms with Gasteiger partial charge in [0.15, 0.2) is 12.1 Å². The quantitative estimate of drug-likeness (QED) is 0.501. The first-order chi connectivity index (χ1) is 11.2. The van der Waals surface area contributed by atoms with Crippen LogP contribution in [0.3, 0.4) is 0 Å². The third-order valence-corrected chi connectivity index (χ3v) is 4.57. The van der Waals surface area contributed by atoms with E-state index in [0.29, 0.717) is 36.0 Å². The third-order valence-electron chi connectivity index (χ3n) is 4.40. The third kappa shape index (κ3) is 2.75. The molecule has 0 saturated carbocycles. The van der Waals surface area contributed by atoms with Crippen molar-refractivity contribution in [2.45, 2.75) is 13.0 Å². The summed E-state index contributed by atoms with van der Waals surface area (Å²) in [6.45, 7) is 1.97. The van der Waals surface area contributed by atoms with Gasteiger partial charge in [-0.1, -0.05) is 0 Å². The highest BCUT2D eigenvalue weighted by atomic mass is 35.5. The molecular formula is C17H19ClN2O3. The van der Waals surface area contributed by atoms with Crippen LogP contribution in [-0.2, 0) is 6.54 Å². The summed E-state index contributed by atoms with van der Waals surface area (Å²) in [6, 6.07) is 5.50. The van der Waals surface area contributed by atoms with Crippen LogP contribution in [0.4, 0.5) is 0 Å². The fourth-order valence-corrected chi connectivity index (χ4v) is 3.43. The van der Waals surface area contributed by atoms with E-state index in [1.807, 2.05) is 16.7 Å². The number of Topliss-reactive ketones (excluding diaryl/α,β-unsaturated/α-hetero) is 1. The molecule has 0 radical (unpaired) electrons. The van der Waals surface area contributed by atoms with Crippen LogP contribution in [0, 0.1) is 5.92 Å². The van der Waals surface area contributed by atoms with Gasteiger partial charge in [0.2, 0.25) is 0 Å². The minimum Gasteiger partial charge on any atom is -0.497 e. The number of carbonyl (C=O) groups excluding carboxylic acids is 2. The number of halogens is 1. The molecule has 122 valence electrons. The average Bonchev–Trinajstić information content (AvgIpc) is 3.20. The second-order valence-electron chi connectivity index (χ2n) is 5.66. The van der Waals surface area contributed by atoms with Gasteiger partial charge >= 0.3 is 0 Å². The maximum Gasteiger partial charge on any atom is 0.184 e. The van der Waals surface area contributed by atoms with Crippen LogP contribution >= 0.6 is 11.6 Å². The Morgan fingerprint density at radius 1 is 1.52 bits per heavy atom. The van der Waals surface area contributed by atoms with Crippen molar-refractivity contribution < 1.29 is 14.3 Å². The molecule has 1 aliphatic heterocycles. The van der Waals surface area contributed by atoms with Gasteiger partial charge in [-0.15, -0.1) is 11.6 Å². The van der Waals surface area contributed by atoms with Crippen molar-refractivity contribution in [1.82, 2.24) is 9.88 Å². The van der Waals surface area contributed by atoms with Gasteiger partial charge < -0.3 is 14.6 Å². The lowest BCUT2D eigenvalue weighted by Crippen LogP contribution is -2.22. The highest BCUT2D eigenvalue weighted by Crippen LogP contribution is 2.31. The van der Waals surface area contributed by atoms with E-state index < -0.39 is 0 Å². The second kappa shape index (κ2) is 6.72. The minimum atomic E-state index is -0.0889. The summed E-state index contributed by atoms with van der Waals surface area (Å²) < 4.78 is 7.11. The van der Waals surface area contributed by atoms with Crippen molar-refractivity contribution in [2.24, 2.45) is 5.92 Å². The summed E-state index contributed by atoms with van der Waals surface area (Å²) >= 11 is 5.93. The molecule has 5 nitrogen and oxygen atoms in total. The first-order valence-electron chi connectivity index (χ1n) is 7.67. The molecule has 23 heavy (non-hydrogen) atoms. The van der Waals surface area contributed by atoms with E-state index in [1.165, 1.54) is 0 Å². The predicted octanol–water partition coefficient (Wildman–Crippen LogP) is 2.49. The van der Waals surface area contributed by atoms with Crippen molar-refractivity contribution in [3.05, 3.63) is 29.5 Å². The SMILES string of the molecule is COc1ccc2c(c1)c(C=O)c(C(=O)C1CCNC1)n2CCCl. The molecule has 1 fully saturated rings. The molecule has 0 spiro atoms. The number of aryl methyl sites for hydroxylation is 1. The molecule has 1 atom stereocenters. The van der Waals surface area contributed by atoms with Gasteiger partial charge in [0, 0.05) is 35.8 Å². The van der Waals surface area contributed by atoms with Gasteiger partial charge in [-0.2, -0.15) is 0 Å². The van der Waals surface area contributed by atoms with E-state index in [1.54, 1.807) is 13.2 Å². The molecule has 0 amide bonds. The molecule has 1 saturated heterocycles. The fraction of sp³-hybridized carbons (Fsp3) is 0.412. The number of nitrogens with zero attached hydrogens (tertiary/aromatic N) is 1. The number of alkyl halides is 1. The summed E-state index contributed by atoms with van der Waals surface area (Å²) in [7, 11) is 1.58. The summed E-state index contributed by atoms with van der Waals surface area (Å²) in [5, 5.41) is 3.93. The molecule has 1 N–H and O–H groups in total. The summed E-state index contributed by atoms with van der Waals surface area (Å²) in [5.41, 5.74) is 1.74. The highest BCUT2D eigenvalue weighted by Gasteiger charge is 2.30. The number of hydrogen-bond donors (Lipinski definition) is 1. The number of aldehydes is 1. The monoisotopic (exact) mass is 334 g/mol. The summed E-state index contributed by atoms with van der Waals surface area (Å²) in [4.78, 5) is 24.7. The Bertz CT molecular complexity index is 748. The lowest BCUT2D eigenvalue weighted by molar-refractivity contribution is 0.0916. The van der Waals surface area contributed by atoms with Crippen molar-refractivity contribution in [1.29, 1.82) is 0 Å². The Morgan fingerprint density at radius 3 is 2.96 bits per heavy atom. The molecule has 6 heteroatoms. The maximum absolute atomic E-state index is 13.0. The normalized spacial score (nSPS) is 17.6. The highest BCUT2D eigenvalue weighted by molar-refractivity contribution is 6.18. The van der Waals surface area contributed by atoms with E-state index in [9.17, 15) is 9.59 Å². The Labute approximate surface area is 139 Å². The molecule has 0 bridgehead atoms. The molecule has 1 aromatic carbocycles. The molecule has 1 aliphatic rings. The summed E-state index contributed by atoms with van der Waals surface area (Å²) in [5.74, 6) is 0.952. The molecule has 2 heterocycles. The fourth-order valence-electron chi connectivity index (χ4n) is 3.26. The Hall–Kier alpha value is -1.85. The number of ether oxygens (including phenoxy) is 1. The van der Waals surface area contributed by atoms with Crippen molar-refractivity contribution >= 4 is 34.6 Å². The molecule has 2 aromatic rings. The largest absolute Gasteiger partial charge is 0.497 e. The zero-order valence-corrected chi connectivity index (χ0v) is 13.7.